The fraction of sp³-hybridized carbons (Fsp3) is 0.0417. The van der Waals surface area contributed by atoms with Crippen molar-refractivity contribution in [2.24, 2.45) is 5.10 Å². The summed E-state index contributed by atoms with van der Waals surface area (Å²) in [4.78, 5) is 25.2. The lowest BCUT2D eigenvalue weighted by atomic mass is 10.00. The highest BCUT2D eigenvalue weighted by atomic mass is 16.5. The summed E-state index contributed by atoms with van der Waals surface area (Å²) in [6.07, 6.45) is 1.59. The molecule has 0 atom stereocenters. The Morgan fingerprint density at radius 3 is 2.45 bits per heavy atom. The van der Waals surface area contributed by atoms with Crippen LogP contribution in [0, 0.1) is 0 Å². The first-order chi connectivity index (χ1) is 15.0. The summed E-state index contributed by atoms with van der Waals surface area (Å²) in [6.45, 7) is 0. The average Bonchev–Trinajstić information content (AvgIpc) is 3.12. The minimum absolute atomic E-state index is 0.252. The Balaban J connectivity index is 1.82. The number of aromatic hydroxyl groups is 2. The number of amides is 1. The van der Waals surface area contributed by atoms with Crippen molar-refractivity contribution in [2.75, 3.05) is 12.1 Å². The van der Waals surface area contributed by atoms with Crippen molar-refractivity contribution in [3.05, 3.63) is 95.1 Å². The quantitative estimate of drug-likeness (QED) is 0.385. The second-order valence-electron chi connectivity index (χ2n) is 6.78. The van der Waals surface area contributed by atoms with Crippen LogP contribution < -0.4 is 5.01 Å². The molecule has 0 aromatic heterocycles. The van der Waals surface area contributed by atoms with Crippen molar-refractivity contribution in [2.45, 2.75) is 0 Å². The summed E-state index contributed by atoms with van der Waals surface area (Å²) < 4.78 is 4.76. The normalized spacial score (nSPS) is 14.6. The molecule has 1 aliphatic rings. The van der Waals surface area contributed by atoms with Gasteiger partial charge in [0.15, 0.2) is 11.5 Å². The molecule has 3 aromatic carbocycles. The van der Waals surface area contributed by atoms with Gasteiger partial charge in [-0.25, -0.2) is 4.79 Å². The molecule has 0 spiro atoms. The largest absolute Gasteiger partial charge is 0.504 e. The van der Waals surface area contributed by atoms with Crippen molar-refractivity contribution in [3.63, 3.8) is 0 Å². The van der Waals surface area contributed by atoms with E-state index >= 15 is 0 Å². The van der Waals surface area contributed by atoms with Gasteiger partial charge < -0.3 is 14.9 Å². The standard InChI is InChI=1S/C24H18N2O5/c1-31-24(30)17-8-5-9-18(14-17)26-23(29)19(12-15-10-11-20(27)21(28)13-15)22(25-26)16-6-3-2-4-7-16/h2-14,27-28H,1H3. The number of hydrogen-bond donors (Lipinski definition) is 2. The minimum Gasteiger partial charge on any atom is -0.504 e. The molecule has 0 fully saturated rings. The lowest BCUT2D eigenvalue weighted by Gasteiger charge is -2.12. The maximum atomic E-state index is 13.3. The van der Waals surface area contributed by atoms with Crippen molar-refractivity contribution in [1.82, 2.24) is 0 Å². The zero-order chi connectivity index (χ0) is 22.0. The van der Waals surface area contributed by atoms with E-state index in [1.807, 2.05) is 30.3 Å². The number of ether oxygens (including phenoxy) is 1. The van der Waals surface area contributed by atoms with Crippen LogP contribution in [0.5, 0.6) is 11.5 Å². The molecule has 154 valence electrons. The number of anilines is 1. The lowest BCUT2D eigenvalue weighted by molar-refractivity contribution is -0.114. The highest BCUT2D eigenvalue weighted by molar-refractivity contribution is 6.37. The Labute approximate surface area is 178 Å². The summed E-state index contributed by atoms with van der Waals surface area (Å²) in [5.74, 6) is -1.46. The zero-order valence-electron chi connectivity index (χ0n) is 16.5. The zero-order valence-corrected chi connectivity index (χ0v) is 16.5. The number of phenolic OH excluding ortho intramolecular Hbond substituents is 2. The van der Waals surface area contributed by atoms with Gasteiger partial charge in [0.2, 0.25) is 0 Å². The van der Waals surface area contributed by atoms with E-state index in [4.69, 9.17) is 4.74 Å². The monoisotopic (exact) mass is 414 g/mol. The molecule has 31 heavy (non-hydrogen) atoms. The third kappa shape index (κ3) is 3.89. The first-order valence-electron chi connectivity index (χ1n) is 9.39. The van der Waals surface area contributed by atoms with Crippen LogP contribution in [0.3, 0.4) is 0 Å². The van der Waals surface area contributed by atoms with Gasteiger partial charge in [-0.1, -0.05) is 42.5 Å². The van der Waals surface area contributed by atoms with Gasteiger partial charge >= 0.3 is 5.97 Å². The van der Waals surface area contributed by atoms with E-state index in [2.05, 4.69) is 5.10 Å². The van der Waals surface area contributed by atoms with Crippen LogP contribution in [-0.4, -0.2) is 34.9 Å². The number of hydrazone groups is 1. The Kier molecular flexibility index (Phi) is 5.24. The van der Waals surface area contributed by atoms with E-state index < -0.39 is 11.9 Å². The summed E-state index contributed by atoms with van der Waals surface area (Å²) in [7, 11) is 1.29. The molecule has 1 heterocycles. The molecule has 2 N–H and O–H groups in total. The fourth-order valence-corrected chi connectivity index (χ4v) is 3.21. The summed E-state index contributed by atoms with van der Waals surface area (Å²) >= 11 is 0. The van der Waals surface area contributed by atoms with Gasteiger partial charge in [0, 0.05) is 5.56 Å². The molecule has 1 aliphatic heterocycles. The molecule has 3 aromatic rings. The van der Waals surface area contributed by atoms with Crippen LogP contribution in [0.25, 0.3) is 6.08 Å². The van der Waals surface area contributed by atoms with Gasteiger partial charge in [0.25, 0.3) is 5.91 Å². The molecule has 0 saturated heterocycles. The highest BCUT2D eigenvalue weighted by Gasteiger charge is 2.32. The average molecular weight is 414 g/mol. The second-order valence-corrected chi connectivity index (χ2v) is 6.78. The van der Waals surface area contributed by atoms with E-state index in [0.29, 0.717) is 28.1 Å². The van der Waals surface area contributed by atoms with E-state index in [0.717, 1.165) is 5.56 Å². The maximum Gasteiger partial charge on any atom is 0.337 e. The summed E-state index contributed by atoms with van der Waals surface area (Å²) in [5.41, 5.74) is 2.72. The van der Waals surface area contributed by atoms with E-state index in [1.54, 1.807) is 30.3 Å². The maximum absolute atomic E-state index is 13.3. The van der Waals surface area contributed by atoms with Gasteiger partial charge in [0.1, 0.15) is 5.71 Å². The Morgan fingerprint density at radius 1 is 0.968 bits per heavy atom. The Bertz CT molecular complexity index is 1230. The van der Waals surface area contributed by atoms with Crippen LogP contribution >= 0.6 is 0 Å². The van der Waals surface area contributed by atoms with E-state index in [-0.39, 0.29) is 11.5 Å². The predicted molar refractivity (Wildman–Crippen MR) is 116 cm³/mol. The topological polar surface area (TPSA) is 99.4 Å². The van der Waals surface area contributed by atoms with Crippen LogP contribution in [0.4, 0.5) is 5.69 Å². The summed E-state index contributed by atoms with van der Waals surface area (Å²) in [5, 5.41) is 25.1. The molecule has 0 unspecified atom stereocenters. The fourth-order valence-electron chi connectivity index (χ4n) is 3.21. The summed E-state index contributed by atoms with van der Waals surface area (Å²) in [6, 6.07) is 19.9. The third-order valence-electron chi connectivity index (χ3n) is 4.75. The number of methoxy groups -OCH3 is 1. The van der Waals surface area contributed by atoms with Crippen molar-refractivity contribution < 1.29 is 24.5 Å². The molecule has 4 rings (SSSR count). The number of carbonyl (C=O) groups excluding carboxylic acids is 2. The van der Waals surface area contributed by atoms with Gasteiger partial charge in [-0.15, -0.1) is 0 Å². The Morgan fingerprint density at radius 2 is 1.74 bits per heavy atom. The third-order valence-corrected chi connectivity index (χ3v) is 4.75. The number of hydrogen-bond acceptors (Lipinski definition) is 6. The first-order valence-corrected chi connectivity index (χ1v) is 9.39. The molecule has 7 nitrogen and oxygen atoms in total. The van der Waals surface area contributed by atoms with Gasteiger partial charge in [-0.3, -0.25) is 4.79 Å². The van der Waals surface area contributed by atoms with Crippen LogP contribution in [0.2, 0.25) is 0 Å². The Hall–Kier alpha value is -4.39. The lowest BCUT2D eigenvalue weighted by Crippen LogP contribution is -2.21. The van der Waals surface area contributed by atoms with Crippen LogP contribution in [0.1, 0.15) is 21.5 Å². The van der Waals surface area contributed by atoms with Crippen LogP contribution in [-0.2, 0) is 9.53 Å². The molecule has 0 saturated carbocycles. The van der Waals surface area contributed by atoms with E-state index in [1.165, 1.54) is 30.3 Å². The number of carbonyl (C=O) groups is 2. The van der Waals surface area contributed by atoms with Crippen LogP contribution in [0.15, 0.2) is 83.5 Å². The molecular formula is C24H18N2O5. The van der Waals surface area contributed by atoms with Gasteiger partial charge in [-0.05, 0) is 42.0 Å². The van der Waals surface area contributed by atoms with Gasteiger partial charge in [0.05, 0.1) is 23.9 Å². The number of esters is 1. The smallest absolute Gasteiger partial charge is 0.337 e. The second kappa shape index (κ2) is 8.16. The molecule has 0 radical (unpaired) electrons. The van der Waals surface area contributed by atoms with E-state index in [9.17, 15) is 19.8 Å². The number of rotatable bonds is 4. The molecular weight excluding hydrogens is 396 g/mol. The molecule has 7 heteroatoms. The first kappa shape index (κ1) is 19.9. The SMILES string of the molecule is COC(=O)c1cccc(N2N=C(c3ccccc3)C(=Cc3ccc(O)c(O)c3)C2=O)c1. The minimum atomic E-state index is -0.518. The van der Waals surface area contributed by atoms with Crippen molar-refractivity contribution >= 4 is 29.4 Å². The number of nitrogens with zero attached hydrogens (tertiary/aromatic N) is 2. The number of benzene rings is 3. The van der Waals surface area contributed by atoms with Crippen molar-refractivity contribution in [3.8, 4) is 11.5 Å². The number of phenols is 2. The molecule has 0 bridgehead atoms. The molecule has 1 amide bonds. The van der Waals surface area contributed by atoms with Crippen molar-refractivity contribution in [1.29, 1.82) is 0 Å². The molecule has 0 aliphatic carbocycles. The van der Waals surface area contributed by atoms with Gasteiger partial charge in [-0.2, -0.15) is 10.1 Å². The highest BCUT2D eigenvalue weighted by Crippen LogP contribution is 2.30. The predicted octanol–water partition coefficient (Wildman–Crippen LogP) is 3.72.